The molecule has 200 valence electrons. The van der Waals surface area contributed by atoms with Crippen LogP contribution in [0.25, 0.3) is 16.8 Å². The predicted octanol–water partition coefficient (Wildman–Crippen LogP) is 5.63. The first kappa shape index (κ1) is 24.6. The summed E-state index contributed by atoms with van der Waals surface area (Å²) >= 11 is 6.68. The van der Waals surface area contributed by atoms with Gasteiger partial charge < -0.3 is 15.7 Å². The Balaban J connectivity index is 1.26. The first-order valence-corrected chi connectivity index (χ1v) is 14.2. The van der Waals surface area contributed by atoms with E-state index in [1.165, 1.54) is 18.4 Å². The molecule has 3 atom stereocenters. The number of rotatable bonds is 5. The standard InChI is InChI=1S/C31H32ClN5O2/c1-31(39,23-4-2-3-20(15-23)18-5-6-18)22-10-7-19(8-11-22)27-28-29(33)34-16-25(32)37(28)30(35-27)21-9-12-24-13-14-26(38)36(24)17-21/h2-4,7-8,10-11,15-16,18,21,24,39H,5-6,9,12-14,17H2,1H3,(H2,33,34)/t21-,24+,31?/m1/s1. The normalized spacial score (nSPS) is 22.7. The van der Waals surface area contributed by atoms with Crippen LogP contribution in [0.3, 0.4) is 0 Å². The Morgan fingerprint density at radius 2 is 1.79 bits per heavy atom. The summed E-state index contributed by atoms with van der Waals surface area (Å²) in [6.07, 6.45) is 7.47. The second-order valence-electron chi connectivity index (χ2n) is 11.5. The molecule has 2 aliphatic heterocycles. The van der Waals surface area contributed by atoms with E-state index in [1.807, 2.05) is 52.6 Å². The Hall–Kier alpha value is -3.42. The number of hydrogen-bond donors (Lipinski definition) is 2. The molecular formula is C31H32ClN5O2. The molecule has 0 radical (unpaired) electrons. The van der Waals surface area contributed by atoms with E-state index in [0.717, 1.165) is 41.8 Å². The number of fused-ring (bicyclic) bond motifs is 2. The number of nitrogen functional groups attached to an aromatic ring is 1. The maximum atomic E-state index is 12.5. The predicted molar refractivity (Wildman–Crippen MR) is 152 cm³/mol. The first-order valence-electron chi connectivity index (χ1n) is 13.9. The quantitative estimate of drug-likeness (QED) is 0.341. The lowest BCUT2D eigenvalue weighted by Crippen LogP contribution is -2.41. The van der Waals surface area contributed by atoms with Crippen molar-refractivity contribution in [2.75, 3.05) is 12.3 Å². The minimum Gasteiger partial charge on any atom is -0.382 e. The molecule has 4 heterocycles. The van der Waals surface area contributed by atoms with Gasteiger partial charge in [0.1, 0.15) is 33.6 Å². The van der Waals surface area contributed by atoms with Crippen molar-refractivity contribution in [2.24, 2.45) is 0 Å². The summed E-state index contributed by atoms with van der Waals surface area (Å²) < 4.78 is 1.90. The molecule has 7 nitrogen and oxygen atoms in total. The molecule has 0 bridgehead atoms. The molecule has 39 heavy (non-hydrogen) atoms. The number of nitrogens with zero attached hydrogens (tertiary/aromatic N) is 4. The number of carbonyl (C=O) groups excluding carboxylic acids is 1. The van der Waals surface area contributed by atoms with Gasteiger partial charge in [-0.3, -0.25) is 9.20 Å². The molecule has 2 saturated heterocycles. The van der Waals surface area contributed by atoms with E-state index in [-0.39, 0.29) is 11.8 Å². The van der Waals surface area contributed by atoms with Crippen molar-refractivity contribution in [2.45, 2.75) is 68.9 Å². The fourth-order valence-electron chi connectivity index (χ4n) is 6.52. The minimum atomic E-state index is -1.13. The van der Waals surface area contributed by atoms with Crippen LogP contribution in [0.15, 0.2) is 54.7 Å². The highest BCUT2D eigenvalue weighted by Gasteiger charge is 2.38. The highest BCUT2D eigenvalue weighted by Crippen LogP contribution is 2.42. The molecule has 1 unspecified atom stereocenters. The van der Waals surface area contributed by atoms with E-state index < -0.39 is 5.60 Å². The molecule has 2 aromatic heterocycles. The van der Waals surface area contributed by atoms with Crippen molar-refractivity contribution < 1.29 is 9.90 Å². The zero-order valence-electron chi connectivity index (χ0n) is 22.0. The number of halogens is 1. The van der Waals surface area contributed by atoms with Crippen LogP contribution in [0.1, 0.15) is 79.8 Å². The van der Waals surface area contributed by atoms with E-state index in [4.69, 9.17) is 22.3 Å². The molecule has 4 aromatic rings. The summed E-state index contributed by atoms with van der Waals surface area (Å²) in [4.78, 5) is 23.9. The van der Waals surface area contributed by atoms with Gasteiger partial charge in [-0.2, -0.15) is 0 Å². The van der Waals surface area contributed by atoms with Gasteiger partial charge in [-0.15, -0.1) is 0 Å². The summed E-state index contributed by atoms with van der Waals surface area (Å²) in [6.45, 7) is 2.48. The number of piperidine rings is 1. The SMILES string of the molecule is CC(O)(c1ccc(-c2nc([C@@H]3CC[C@H]4CCC(=O)N4C3)n3c(Cl)cnc(N)c23)cc1)c1cccc(C2CC2)c1. The van der Waals surface area contributed by atoms with Crippen molar-refractivity contribution in [1.29, 1.82) is 0 Å². The number of aromatic nitrogens is 3. The maximum absolute atomic E-state index is 12.5. The molecule has 8 heteroatoms. The Morgan fingerprint density at radius 1 is 1.03 bits per heavy atom. The summed E-state index contributed by atoms with van der Waals surface area (Å²) in [6, 6.07) is 16.5. The Bertz CT molecular complexity index is 1590. The number of amides is 1. The lowest BCUT2D eigenvalue weighted by molar-refractivity contribution is -0.130. The van der Waals surface area contributed by atoms with Crippen molar-refractivity contribution >= 4 is 28.8 Å². The molecule has 1 amide bonds. The van der Waals surface area contributed by atoms with Crippen molar-refractivity contribution in [3.05, 3.63) is 82.4 Å². The number of imidazole rings is 1. The number of benzene rings is 2. The van der Waals surface area contributed by atoms with Gasteiger partial charge in [0.15, 0.2) is 0 Å². The van der Waals surface area contributed by atoms with Gasteiger partial charge in [-0.1, -0.05) is 60.1 Å². The lowest BCUT2D eigenvalue weighted by Gasteiger charge is -2.34. The van der Waals surface area contributed by atoms with Crippen LogP contribution in [-0.4, -0.2) is 42.9 Å². The summed E-state index contributed by atoms with van der Waals surface area (Å²) in [5, 5.41) is 12.0. The minimum absolute atomic E-state index is 0.0580. The van der Waals surface area contributed by atoms with Crippen molar-refractivity contribution in [1.82, 2.24) is 19.3 Å². The molecule has 1 saturated carbocycles. The number of carbonyl (C=O) groups is 1. The molecule has 7 rings (SSSR count). The van der Waals surface area contributed by atoms with Crippen LogP contribution in [0.4, 0.5) is 5.82 Å². The molecule has 3 fully saturated rings. The Labute approximate surface area is 232 Å². The number of anilines is 1. The number of hydrogen-bond acceptors (Lipinski definition) is 5. The summed E-state index contributed by atoms with van der Waals surface area (Å²) in [7, 11) is 0. The Kier molecular flexibility index (Phi) is 5.72. The van der Waals surface area contributed by atoms with Gasteiger partial charge in [-0.05, 0) is 61.6 Å². The van der Waals surface area contributed by atoms with Crippen molar-refractivity contribution in [3.8, 4) is 11.3 Å². The van der Waals surface area contributed by atoms with Gasteiger partial charge in [-0.25, -0.2) is 9.97 Å². The average molecular weight is 542 g/mol. The molecule has 3 aliphatic rings. The second-order valence-corrected chi connectivity index (χ2v) is 11.9. The molecule has 0 spiro atoms. The van der Waals surface area contributed by atoms with E-state index in [0.29, 0.717) is 47.1 Å². The maximum Gasteiger partial charge on any atom is 0.222 e. The largest absolute Gasteiger partial charge is 0.382 e. The average Bonchev–Trinajstić information content (AvgIpc) is 3.63. The van der Waals surface area contributed by atoms with Crippen LogP contribution < -0.4 is 5.73 Å². The molecular weight excluding hydrogens is 510 g/mol. The number of aliphatic hydroxyl groups is 1. The van der Waals surface area contributed by atoms with Gasteiger partial charge in [0.05, 0.1) is 6.20 Å². The third-order valence-electron chi connectivity index (χ3n) is 8.97. The smallest absolute Gasteiger partial charge is 0.222 e. The molecule has 3 N–H and O–H groups in total. The third-order valence-corrected chi connectivity index (χ3v) is 9.24. The van der Waals surface area contributed by atoms with E-state index in [9.17, 15) is 9.90 Å². The zero-order chi connectivity index (χ0) is 26.9. The van der Waals surface area contributed by atoms with Crippen molar-refractivity contribution in [3.63, 3.8) is 0 Å². The van der Waals surface area contributed by atoms with Gasteiger partial charge in [0.2, 0.25) is 5.91 Å². The van der Waals surface area contributed by atoms with E-state index in [1.54, 1.807) is 6.20 Å². The molecule has 1 aliphatic carbocycles. The van der Waals surface area contributed by atoms with Gasteiger partial charge >= 0.3 is 0 Å². The highest BCUT2D eigenvalue weighted by atomic mass is 35.5. The highest BCUT2D eigenvalue weighted by molar-refractivity contribution is 6.30. The van der Waals surface area contributed by atoms with Crippen LogP contribution in [0, 0.1) is 0 Å². The fourth-order valence-corrected chi connectivity index (χ4v) is 6.74. The van der Waals surface area contributed by atoms with Crippen LogP contribution in [0.5, 0.6) is 0 Å². The van der Waals surface area contributed by atoms with Gasteiger partial charge in [0.25, 0.3) is 0 Å². The van der Waals surface area contributed by atoms with Crippen LogP contribution in [0.2, 0.25) is 5.15 Å². The zero-order valence-corrected chi connectivity index (χ0v) is 22.7. The fraction of sp³-hybridized carbons (Fsp3) is 0.387. The third kappa shape index (κ3) is 4.10. The lowest BCUT2D eigenvalue weighted by atomic mass is 9.86. The Morgan fingerprint density at radius 3 is 2.56 bits per heavy atom. The molecule has 2 aromatic carbocycles. The van der Waals surface area contributed by atoms with Gasteiger partial charge in [0, 0.05) is 30.5 Å². The summed E-state index contributed by atoms with van der Waals surface area (Å²) in [5.41, 5.74) is 10.5. The van der Waals surface area contributed by atoms with E-state index >= 15 is 0 Å². The first-order chi connectivity index (χ1) is 18.8. The second kappa shape index (κ2) is 9.07. The topological polar surface area (TPSA) is 96.8 Å². The van der Waals surface area contributed by atoms with Crippen LogP contribution in [-0.2, 0) is 10.4 Å². The summed E-state index contributed by atoms with van der Waals surface area (Å²) in [5.74, 6) is 2.07. The monoisotopic (exact) mass is 541 g/mol. The van der Waals surface area contributed by atoms with E-state index in [2.05, 4.69) is 17.1 Å². The number of nitrogens with two attached hydrogens (primary N) is 1. The van der Waals surface area contributed by atoms with Crippen LogP contribution >= 0.6 is 11.6 Å².